The van der Waals surface area contributed by atoms with Crippen LogP contribution in [0.4, 0.5) is 0 Å². The predicted molar refractivity (Wildman–Crippen MR) is 81.9 cm³/mol. The van der Waals surface area contributed by atoms with Gasteiger partial charge in [-0.25, -0.2) is 0 Å². The molecule has 2 nitrogen and oxygen atoms in total. The maximum atomic E-state index is 6.13. The highest BCUT2D eigenvalue weighted by molar-refractivity contribution is 7.98. The van der Waals surface area contributed by atoms with Crippen LogP contribution in [0, 0.1) is 0 Å². The first-order chi connectivity index (χ1) is 9.24. The minimum Gasteiger partial charge on any atom is -0.496 e. The van der Waals surface area contributed by atoms with Crippen molar-refractivity contribution in [2.75, 3.05) is 7.11 Å². The molecule has 0 spiro atoms. The van der Waals surface area contributed by atoms with Crippen molar-refractivity contribution in [1.29, 1.82) is 0 Å². The fourth-order valence-electron chi connectivity index (χ4n) is 1.77. The van der Waals surface area contributed by atoms with Gasteiger partial charge in [-0.3, -0.25) is 0 Å². The zero-order chi connectivity index (χ0) is 13.7. The van der Waals surface area contributed by atoms with Gasteiger partial charge in [0, 0.05) is 22.8 Å². The number of ether oxygens (including phenoxy) is 1. The highest BCUT2D eigenvalue weighted by Gasteiger charge is 2.05. The standard InChI is InChI=1S/C15H16ClNOS/c1-18-14-8-11(6-7-12(14)9-17)10-19-15-5-3-2-4-13(15)16/h2-8H,9-10,17H2,1H3. The molecule has 100 valence electrons. The number of rotatable bonds is 5. The molecule has 0 radical (unpaired) electrons. The van der Waals surface area contributed by atoms with Gasteiger partial charge < -0.3 is 10.5 Å². The lowest BCUT2D eigenvalue weighted by Crippen LogP contribution is -2.00. The Hall–Kier alpha value is -1.16. The van der Waals surface area contributed by atoms with E-state index in [1.807, 2.05) is 36.4 Å². The first kappa shape index (κ1) is 14.3. The van der Waals surface area contributed by atoms with Crippen LogP contribution in [0.15, 0.2) is 47.4 Å². The van der Waals surface area contributed by atoms with E-state index in [-0.39, 0.29) is 0 Å². The summed E-state index contributed by atoms with van der Waals surface area (Å²) in [5.74, 6) is 1.70. The number of nitrogens with two attached hydrogens (primary N) is 1. The Morgan fingerprint density at radius 1 is 1.21 bits per heavy atom. The lowest BCUT2D eigenvalue weighted by Gasteiger charge is -2.09. The van der Waals surface area contributed by atoms with Gasteiger partial charge in [-0.2, -0.15) is 0 Å². The minimum atomic E-state index is 0.487. The van der Waals surface area contributed by atoms with Crippen LogP contribution in [-0.4, -0.2) is 7.11 Å². The molecule has 19 heavy (non-hydrogen) atoms. The molecule has 4 heteroatoms. The van der Waals surface area contributed by atoms with Crippen LogP contribution in [0.3, 0.4) is 0 Å². The third kappa shape index (κ3) is 3.66. The van der Waals surface area contributed by atoms with Crippen molar-refractivity contribution in [2.24, 2.45) is 5.73 Å². The molecular formula is C15H16ClNOS. The Bertz CT molecular complexity index is 560. The van der Waals surface area contributed by atoms with Crippen molar-refractivity contribution in [3.05, 3.63) is 58.6 Å². The van der Waals surface area contributed by atoms with Gasteiger partial charge in [0.05, 0.1) is 12.1 Å². The summed E-state index contributed by atoms with van der Waals surface area (Å²) in [6.07, 6.45) is 0. The van der Waals surface area contributed by atoms with Crippen LogP contribution in [-0.2, 0) is 12.3 Å². The smallest absolute Gasteiger partial charge is 0.123 e. The second kappa shape index (κ2) is 6.85. The topological polar surface area (TPSA) is 35.2 Å². The van der Waals surface area contributed by atoms with Gasteiger partial charge >= 0.3 is 0 Å². The van der Waals surface area contributed by atoms with E-state index in [0.717, 1.165) is 27.0 Å². The van der Waals surface area contributed by atoms with Crippen molar-refractivity contribution in [3.63, 3.8) is 0 Å². The molecule has 0 saturated carbocycles. The summed E-state index contributed by atoms with van der Waals surface area (Å²) < 4.78 is 5.34. The summed E-state index contributed by atoms with van der Waals surface area (Å²) in [5, 5.41) is 0.790. The molecule has 2 aromatic carbocycles. The third-order valence-electron chi connectivity index (χ3n) is 2.80. The molecule has 0 bridgehead atoms. The predicted octanol–water partition coefficient (Wildman–Crippen LogP) is 4.10. The van der Waals surface area contributed by atoms with E-state index in [9.17, 15) is 0 Å². The second-order valence-corrected chi connectivity index (χ2v) is 5.49. The normalized spacial score (nSPS) is 10.5. The summed E-state index contributed by atoms with van der Waals surface area (Å²) in [7, 11) is 1.67. The zero-order valence-corrected chi connectivity index (χ0v) is 12.3. The molecule has 0 unspecified atom stereocenters. The molecule has 0 heterocycles. The van der Waals surface area contributed by atoms with Gasteiger partial charge in [0.25, 0.3) is 0 Å². The Morgan fingerprint density at radius 3 is 2.68 bits per heavy atom. The molecule has 0 amide bonds. The monoisotopic (exact) mass is 293 g/mol. The molecule has 2 aromatic rings. The van der Waals surface area contributed by atoms with Crippen molar-refractivity contribution in [2.45, 2.75) is 17.2 Å². The number of hydrogen-bond acceptors (Lipinski definition) is 3. The van der Waals surface area contributed by atoms with Crippen LogP contribution < -0.4 is 10.5 Å². The SMILES string of the molecule is COc1cc(CSc2ccccc2Cl)ccc1CN. The highest BCUT2D eigenvalue weighted by Crippen LogP contribution is 2.30. The molecule has 0 aliphatic carbocycles. The quantitative estimate of drug-likeness (QED) is 0.843. The van der Waals surface area contributed by atoms with Crippen LogP contribution >= 0.6 is 23.4 Å². The molecule has 0 saturated heterocycles. The average Bonchev–Trinajstić information content (AvgIpc) is 2.46. The fourth-order valence-corrected chi connectivity index (χ4v) is 2.95. The number of halogens is 1. The Morgan fingerprint density at radius 2 is 2.00 bits per heavy atom. The van der Waals surface area contributed by atoms with Gasteiger partial charge in [0.1, 0.15) is 5.75 Å². The van der Waals surface area contributed by atoms with Crippen molar-refractivity contribution in [3.8, 4) is 5.75 Å². The van der Waals surface area contributed by atoms with Crippen molar-refractivity contribution >= 4 is 23.4 Å². The fraction of sp³-hybridized carbons (Fsp3) is 0.200. The van der Waals surface area contributed by atoms with Crippen LogP contribution in [0.5, 0.6) is 5.75 Å². The number of thioether (sulfide) groups is 1. The van der Waals surface area contributed by atoms with E-state index in [0.29, 0.717) is 6.54 Å². The van der Waals surface area contributed by atoms with Gasteiger partial charge in [0.2, 0.25) is 0 Å². The number of methoxy groups -OCH3 is 1. The summed E-state index contributed by atoms with van der Waals surface area (Å²) in [4.78, 5) is 1.09. The molecule has 2 N–H and O–H groups in total. The van der Waals surface area contributed by atoms with Crippen molar-refractivity contribution < 1.29 is 4.74 Å². The molecule has 0 fully saturated rings. The Labute approximate surface area is 122 Å². The van der Waals surface area contributed by atoms with E-state index in [1.54, 1.807) is 18.9 Å². The minimum absolute atomic E-state index is 0.487. The van der Waals surface area contributed by atoms with Gasteiger partial charge in [-0.1, -0.05) is 35.9 Å². The molecule has 0 aliphatic heterocycles. The Balaban J connectivity index is 2.10. The molecule has 0 aromatic heterocycles. The molecule has 0 aliphatic rings. The Kier molecular flexibility index (Phi) is 5.14. The molecule has 2 rings (SSSR count). The third-order valence-corrected chi connectivity index (χ3v) is 4.39. The lowest BCUT2D eigenvalue weighted by atomic mass is 10.1. The van der Waals surface area contributed by atoms with E-state index in [2.05, 4.69) is 6.07 Å². The van der Waals surface area contributed by atoms with Gasteiger partial charge in [-0.15, -0.1) is 11.8 Å². The largest absolute Gasteiger partial charge is 0.496 e. The first-order valence-electron chi connectivity index (χ1n) is 5.97. The first-order valence-corrected chi connectivity index (χ1v) is 7.34. The van der Waals surface area contributed by atoms with Crippen molar-refractivity contribution in [1.82, 2.24) is 0 Å². The second-order valence-electron chi connectivity index (χ2n) is 4.07. The maximum Gasteiger partial charge on any atom is 0.123 e. The van der Waals surface area contributed by atoms with Crippen LogP contribution in [0.2, 0.25) is 5.02 Å². The average molecular weight is 294 g/mol. The van der Waals surface area contributed by atoms with Crippen LogP contribution in [0.25, 0.3) is 0 Å². The summed E-state index contributed by atoms with van der Waals surface area (Å²) in [6, 6.07) is 14.0. The van der Waals surface area contributed by atoms with Gasteiger partial charge in [-0.05, 0) is 23.8 Å². The van der Waals surface area contributed by atoms with E-state index >= 15 is 0 Å². The van der Waals surface area contributed by atoms with Gasteiger partial charge in [0.15, 0.2) is 0 Å². The number of hydrogen-bond donors (Lipinski definition) is 1. The summed E-state index contributed by atoms with van der Waals surface area (Å²) in [5.41, 5.74) is 7.87. The molecule has 0 atom stereocenters. The van der Waals surface area contributed by atoms with Crippen LogP contribution in [0.1, 0.15) is 11.1 Å². The zero-order valence-electron chi connectivity index (χ0n) is 10.7. The molecular weight excluding hydrogens is 278 g/mol. The van der Waals surface area contributed by atoms with E-state index in [4.69, 9.17) is 22.1 Å². The van der Waals surface area contributed by atoms with E-state index in [1.165, 1.54) is 5.56 Å². The lowest BCUT2D eigenvalue weighted by molar-refractivity contribution is 0.409. The van der Waals surface area contributed by atoms with E-state index < -0.39 is 0 Å². The highest BCUT2D eigenvalue weighted by atomic mass is 35.5. The maximum absolute atomic E-state index is 6.13. The summed E-state index contributed by atoms with van der Waals surface area (Å²) in [6.45, 7) is 0.487. The number of benzene rings is 2. The summed E-state index contributed by atoms with van der Waals surface area (Å²) >= 11 is 7.85.